The molecule has 2 aromatic carbocycles. The van der Waals surface area contributed by atoms with Crippen LogP contribution in [0, 0.1) is 0 Å². The largest absolute Gasteiger partial charge is 0.369 e. The number of carbonyl (C=O) groups excluding carboxylic acids is 1. The number of rotatable bonds is 5. The molecule has 2 fully saturated rings. The predicted molar refractivity (Wildman–Crippen MR) is 127 cm³/mol. The second-order valence-electron chi connectivity index (χ2n) is 8.04. The van der Waals surface area contributed by atoms with Gasteiger partial charge < -0.3 is 25.3 Å². The summed E-state index contributed by atoms with van der Waals surface area (Å²) in [4.78, 5) is 23.6. The average Bonchev–Trinajstić information content (AvgIpc) is 3.31. The van der Waals surface area contributed by atoms with Crippen molar-refractivity contribution < 1.29 is 4.79 Å². The Balaban J connectivity index is 1.20. The fourth-order valence-electron chi connectivity index (χ4n) is 4.26. The Morgan fingerprint density at radius 1 is 0.903 bits per heavy atom. The number of nitrogens with one attached hydrogen (secondary N) is 2. The van der Waals surface area contributed by atoms with Crippen molar-refractivity contribution in [2.45, 2.75) is 12.5 Å². The second kappa shape index (κ2) is 10.2. The summed E-state index contributed by atoms with van der Waals surface area (Å²) in [6, 6.07) is 21.2. The van der Waals surface area contributed by atoms with E-state index in [0.717, 1.165) is 45.7 Å². The van der Waals surface area contributed by atoms with E-state index in [1.807, 2.05) is 17.0 Å². The van der Waals surface area contributed by atoms with E-state index in [0.29, 0.717) is 12.0 Å². The number of para-hydroxylation sites is 2. The maximum Gasteiger partial charge on any atom is 0.242 e. The van der Waals surface area contributed by atoms with Crippen LogP contribution >= 0.6 is 0 Å². The minimum atomic E-state index is 0.119. The van der Waals surface area contributed by atoms with E-state index in [1.54, 1.807) is 7.05 Å². The number of anilines is 2. The summed E-state index contributed by atoms with van der Waals surface area (Å²) in [5.74, 6) is 0.809. The Morgan fingerprint density at radius 2 is 1.52 bits per heavy atom. The van der Waals surface area contributed by atoms with Gasteiger partial charge in [-0.15, -0.1) is 0 Å². The van der Waals surface area contributed by atoms with E-state index in [-0.39, 0.29) is 12.5 Å². The molecule has 2 N–H and O–H groups in total. The number of hydrogen-bond donors (Lipinski definition) is 2. The lowest BCUT2D eigenvalue weighted by Gasteiger charge is -2.36. The summed E-state index contributed by atoms with van der Waals surface area (Å²) in [5, 5.41) is 6.68. The number of amides is 1. The quantitative estimate of drug-likeness (QED) is 0.570. The van der Waals surface area contributed by atoms with Gasteiger partial charge in [-0.25, -0.2) is 0 Å². The van der Waals surface area contributed by atoms with Crippen LogP contribution < -0.4 is 20.4 Å². The fourth-order valence-corrected chi connectivity index (χ4v) is 4.26. The molecule has 31 heavy (non-hydrogen) atoms. The lowest BCUT2D eigenvalue weighted by Crippen LogP contribution is -2.53. The normalized spacial score (nSPS) is 19.5. The number of carbonyl (C=O) groups is 1. The van der Waals surface area contributed by atoms with Gasteiger partial charge in [0.05, 0.1) is 6.54 Å². The van der Waals surface area contributed by atoms with Crippen LogP contribution in [0.25, 0.3) is 0 Å². The predicted octanol–water partition coefficient (Wildman–Crippen LogP) is 1.78. The maximum atomic E-state index is 12.7. The Bertz CT molecular complexity index is 864. The minimum Gasteiger partial charge on any atom is -0.369 e. The molecule has 2 heterocycles. The van der Waals surface area contributed by atoms with Crippen molar-refractivity contribution >= 4 is 23.2 Å². The van der Waals surface area contributed by atoms with E-state index in [2.05, 4.69) is 74.0 Å². The molecule has 7 nitrogen and oxygen atoms in total. The Morgan fingerprint density at radius 3 is 2.13 bits per heavy atom. The van der Waals surface area contributed by atoms with Crippen LogP contribution in [0.1, 0.15) is 6.42 Å². The molecule has 0 aromatic heterocycles. The van der Waals surface area contributed by atoms with Gasteiger partial charge in [0.2, 0.25) is 5.91 Å². The Hall–Kier alpha value is -3.22. The third kappa shape index (κ3) is 5.48. The maximum absolute atomic E-state index is 12.7. The third-order valence-electron chi connectivity index (χ3n) is 6.03. The molecule has 2 aromatic rings. The highest BCUT2D eigenvalue weighted by atomic mass is 16.2. The SMILES string of the molecule is CN=C(NCC(=O)N1CCN(c2ccccc2)CC1)NC1CCN(c2ccccc2)C1. The standard InChI is InChI=1S/C24H32N6O/c1-25-24(27-20-12-13-30(19-20)22-10-6-3-7-11-22)26-18-23(31)29-16-14-28(15-17-29)21-8-4-2-5-9-21/h2-11,20H,12-19H2,1H3,(H2,25,26,27). The molecule has 0 aliphatic carbocycles. The van der Waals surface area contributed by atoms with Crippen molar-refractivity contribution in [3.63, 3.8) is 0 Å². The molecular formula is C24H32N6O. The van der Waals surface area contributed by atoms with Gasteiger partial charge in [0.15, 0.2) is 5.96 Å². The monoisotopic (exact) mass is 420 g/mol. The number of nitrogens with zero attached hydrogens (tertiary/aromatic N) is 4. The summed E-state index contributed by atoms with van der Waals surface area (Å²) in [5.41, 5.74) is 2.47. The van der Waals surface area contributed by atoms with Crippen molar-refractivity contribution in [1.82, 2.24) is 15.5 Å². The number of guanidine groups is 1. The van der Waals surface area contributed by atoms with Crippen LogP contribution in [-0.4, -0.2) is 75.7 Å². The Kier molecular flexibility index (Phi) is 6.92. The molecule has 164 valence electrons. The zero-order valence-corrected chi connectivity index (χ0v) is 18.2. The highest BCUT2D eigenvalue weighted by Crippen LogP contribution is 2.19. The van der Waals surface area contributed by atoms with Crippen molar-refractivity contribution in [2.24, 2.45) is 4.99 Å². The molecule has 2 aliphatic rings. The molecule has 0 bridgehead atoms. The molecular weight excluding hydrogens is 388 g/mol. The van der Waals surface area contributed by atoms with Crippen LogP contribution in [0.2, 0.25) is 0 Å². The molecule has 1 amide bonds. The van der Waals surface area contributed by atoms with Crippen LogP contribution in [-0.2, 0) is 4.79 Å². The van der Waals surface area contributed by atoms with E-state index < -0.39 is 0 Å². The topological polar surface area (TPSA) is 63.2 Å². The van der Waals surface area contributed by atoms with Crippen molar-refractivity contribution in [3.05, 3.63) is 60.7 Å². The summed E-state index contributed by atoms with van der Waals surface area (Å²) in [6.45, 7) is 5.43. The minimum absolute atomic E-state index is 0.119. The molecule has 0 radical (unpaired) electrons. The summed E-state index contributed by atoms with van der Waals surface area (Å²) in [6.07, 6.45) is 1.05. The van der Waals surface area contributed by atoms with Gasteiger partial charge in [-0.2, -0.15) is 0 Å². The number of aliphatic imine (C=N–C) groups is 1. The average molecular weight is 421 g/mol. The highest BCUT2D eigenvalue weighted by Gasteiger charge is 2.24. The fraction of sp³-hybridized carbons (Fsp3) is 0.417. The molecule has 7 heteroatoms. The first-order valence-corrected chi connectivity index (χ1v) is 11.1. The smallest absolute Gasteiger partial charge is 0.242 e. The van der Waals surface area contributed by atoms with Crippen LogP contribution in [0.4, 0.5) is 11.4 Å². The number of benzene rings is 2. The van der Waals surface area contributed by atoms with Gasteiger partial charge >= 0.3 is 0 Å². The molecule has 0 spiro atoms. The summed E-state index contributed by atoms with van der Waals surface area (Å²) in [7, 11) is 1.75. The molecule has 2 saturated heterocycles. The first-order chi connectivity index (χ1) is 15.2. The first kappa shape index (κ1) is 21.0. The van der Waals surface area contributed by atoms with Gasteiger partial charge in [0, 0.05) is 63.7 Å². The number of hydrogen-bond acceptors (Lipinski definition) is 4. The second-order valence-corrected chi connectivity index (χ2v) is 8.04. The number of piperazine rings is 1. The van der Waals surface area contributed by atoms with E-state index >= 15 is 0 Å². The Labute approximate surface area is 184 Å². The third-order valence-corrected chi connectivity index (χ3v) is 6.03. The first-order valence-electron chi connectivity index (χ1n) is 11.1. The van der Waals surface area contributed by atoms with Crippen LogP contribution in [0.15, 0.2) is 65.7 Å². The van der Waals surface area contributed by atoms with E-state index in [9.17, 15) is 4.79 Å². The molecule has 1 atom stereocenters. The summed E-state index contributed by atoms with van der Waals surface area (Å²) >= 11 is 0. The van der Waals surface area contributed by atoms with E-state index in [1.165, 1.54) is 11.4 Å². The molecule has 1 unspecified atom stereocenters. The lowest BCUT2D eigenvalue weighted by molar-refractivity contribution is -0.130. The van der Waals surface area contributed by atoms with Crippen molar-refractivity contribution in [1.29, 1.82) is 0 Å². The molecule has 4 rings (SSSR count). The molecule has 0 saturated carbocycles. The van der Waals surface area contributed by atoms with Gasteiger partial charge in [0.1, 0.15) is 0 Å². The zero-order chi connectivity index (χ0) is 21.5. The zero-order valence-electron chi connectivity index (χ0n) is 18.2. The van der Waals surface area contributed by atoms with Crippen LogP contribution in [0.3, 0.4) is 0 Å². The van der Waals surface area contributed by atoms with Crippen molar-refractivity contribution in [2.75, 3.05) is 62.7 Å². The van der Waals surface area contributed by atoms with E-state index in [4.69, 9.17) is 0 Å². The van der Waals surface area contributed by atoms with Gasteiger partial charge in [-0.3, -0.25) is 9.79 Å². The van der Waals surface area contributed by atoms with Gasteiger partial charge in [-0.05, 0) is 30.7 Å². The summed E-state index contributed by atoms with van der Waals surface area (Å²) < 4.78 is 0. The molecule has 2 aliphatic heterocycles. The van der Waals surface area contributed by atoms with Gasteiger partial charge in [-0.1, -0.05) is 36.4 Å². The van der Waals surface area contributed by atoms with Crippen molar-refractivity contribution in [3.8, 4) is 0 Å². The van der Waals surface area contributed by atoms with Crippen LogP contribution in [0.5, 0.6) is 0 Å². The lowest BCUT2D eigenvalue weighted by atomic mass is 10.2. The van der Waals surface area contributed by atoms with Gasteiger partial charge in [0.25, 0.3) is 0 Å². The highest BCUT2D eigenvalue weighted by molar-refractivity contribution is 5.86.